The van der Waals surface area contributed by atoms with Crippen LogP contribution in [0.15, 0.2) is 30.3 Å². The van der Waals surface area contributed by atoms with Gasteiger partial charge in [-0.1, -0.05) is 25.0 Å². The molecular weight excluding hydrogens is 217 g/mol. The molecule has 0 bridgehead atoms. The number of rotatable bonds is 3. The number of nitrogens with one attached hydrogen (secondary N) is 1. The van der Waals surface area contributed by atoms with Crippen molar-refractivity contribution in [3.05, 3.63) is 41.7 Å². The van der Waals surface area contributed by atoms with Crippen molar-refractivity contribution in [1.82, 2.24) is 5.32 Å². The molecule has 0 aliphatic heterocycles. The Labute approximate surface area is 101 Å². The normalized spacial score (nSPS) is 16.5. The third-order valence-corrected chi connectivity index (χ3v) is 3.00. The maximum Gasteiger partial charge on any atom is 0.244 e. The zero-order valence-electron chi connectivity index (χ0n) is 9.66. The topological polar surface area (TPSA) is 29.1 Å². The molecule has 0 unspecified atom stereocenters. The van der Waals surface area contributed by atoms with E-state index >= 15 is 0 Å². The molecule has 0 saturated heterocycles. The van der Waals surface area contributed by atoms with Gasteiger partial charge in [0.05, 0.1) is 0 Å². The summed E-state index contributed by atoms with van der Waals surface area (Å²) in [5, 5.41) is 2.96. The lowest BCUT2D eigenvalue weighted by Crippen LogP contribution is -2.30. The van der Waals surface area contributed by atoms with Crippen LogP contribution in [-0.2, 0) is 4.79 Å². The van der Waals surface area contributed by atoms with Crippen molar-refractivity contribution in [2.75, 3.05) is 0 Å². The van der Waals surface area contributed by atoms with E-state index in [0.29, 0.717) is 6.04 Å². The van der Waals surface area contributed by atoms with Crippen LogP contribution in [0.2, 0.25) is 0 Å². The molecule has 1 fully saturated rings. The highest BCUT2D eigenvalue weighted by atomic mass is 19.1. The van der Waals surface area contributed by atoms with Gasteiger partial charge in [0.1, 0.15) is 5.82 Å². The first kappa shape index (κ1) is 11.8. The first-order chi connectivity index (χ1) is 8.24. The van der Waals surface area contributed by atoms with Crippen molar-refractivity contribution in [2.24, 2.45) is 0 Å². The van der Waals surface area contributed by atoms with Gasteiger partial charge in [0.15, 0.2) is 0 Å². The first-order valence-corrected chi connectivity index (χ1v) is 5.98. The largest absolute Gasteiger partial charge is 0.350 e. The van der Waals surface area contributed by atoms with Crippen molar-refractivity contribution in [3.8, 4) is 0 Å². The Morgan fingerprint density at radius 1 is 1.24 bits per heavy atom. The van der Waals surface area contributed by atoms with Crippen molar-refractivity contribution in [3.63, 3.8) is 0 Å². The first-order valence-electron chi connectivity index (χ1n) is 5.98. The lowest BCUT2D eigenvalue weighted by molar-refractivity contribution is -0.117. The molecule has 0 heterocycles. The van der Waals surface area contributed by atoms with Gasteiger partial charge < -0.3 is 5.32 Å². The van der Waals surface area contributed by atoms with Crippen molar-refractivity contribution in [1.29, 1.82) is 0 Å². The number of carbonyl (C=O) groups excluding carboxylic acids is 1. The van der Waals surface area contributed by atoms with Crippen LogP contribution in [0.25, 0.3) is 6.08 Å². The molecule has 1 aromatic carbocycles. The van der Waals surface area contributed by atoms with Crippen LogP contribution in [0.1, 0.15) is 31.2 Å². The number of hydrogen-bond acceptors (Lipinski definition) is 1. The maximum absolute atomic E-state index is 12.7. The Bertz CT molecular complexity index is 405. The Morgan fingerprint density at radius 2 is 1.88 bits per heavy atom. The fourth-order valence-electron chi connectivity index (χ4n) is 2.07. The second kappa shape index (κ2) is 5.62. The van der Waals surface area contributed by atoms with Crippen LogP contribution >= 0.6 is 0 Å². The summed E-state index contributed by atoms with van der Waals surface area (Å²) in [7, 11) is 0. The van der Waals surface area contributed by atoms with Gasteiger partial charge in [-0.2, -0.15) is 0 Å². The van der Waals surface area contributed by atoms with E-state index in [-0.39, 0.29) is 11.7 Å². The molecule has 17 heavy (non-hydrogen) atoms. The minimum absolute atomic E-state index is 0.0683. The smallest absolute Gasteiger partial charge is 0.244 e. The van der Waals surface area contributed by atoms with Crippen molar-refractivity contribution >= 4 is 12.0 Å². The Hall–Kier alpha value is -1.64. The van der Waals surface area contributed by atoms with E-state index in [0.717, 1.165) is 18.4 Å². The molecule has 2 nitrogen and oxygen atoms in total. The van der Waals surface area contributed by atoms with E-state index < -0.39 is 0 Å². The zero-order chi connectivity index (χ0) is 12.1. The molecule has 0 spiro atoms. The lowest BCUT2D eigenvalue weighted by Gasteiger charge is -2.08. The molecule has 1 amide bonds. The third-order valence-electron chi connectivity index (χ3n) is 3.00. The van der Waals surface area contributed by atoms with E-state index in [4.69, 9.17) is 0 Å². The lowest BCUT2D eigenvalue weighted by atomic mass is 10.2. The molecule has 0 aromatic heterocycles. The Kier molecular flexibility index (Phi) is 3.91. The molecular formula is C14H16FNO. The Morgan fingerprint density at radius 3 is 2.53 bits per heavy atom. The van der Waals surface area contributed by atoms with Crippen LogP contribution in [0.5, 0.6) is 0 Å². The zero-order valence-corrected chi connectivity index (χ0v) is 9.66. The van der Waals surface area contributed by atoms with Gasteiger partial charge in [0.25, 0.3) is 0 Å². The van der Waals surface area contributed by atoms with E-state index in [1.54, 1.807) is 18.2 Å². The minimum atomic E-state index is -0.266. The molecule has 1 aliphatic rings. The summed E-state index contributed by atoms with van der Waals surface area (Å²) in [6.07, 6.45) is 7.76. The summed E-state index contributed by atoms with van der Waals surface area (Å²) in [5.41, 5.74) is 0.827. The van der Waals surface area contributed by atoms with Crippen LogP contribution in [0.3, 0.4) is 0 Å². The summed E-state index contributed by atoms with van der Waals surface area (Å²) in [6.45, 7) is 0. The molecule has 1 aromatic rings. The molecule has 90 valence electrons. The molecule has 1 saturated carbocycles. The highest BCUT2D eigenvalue weighted by Gasteiger charge is 2.15. The average Bonchev–Trinajstić information content (AvgIpc) is 2.81. The predicted molar refractivity (Wildman–Crippen MR) is 65.8 cm³/mol. The summed E-state index contributed by atoms with van der Waals surface area (Å²) in [5.74, 6) is -0.334. The van der Waals surface area contributed by atoms with Gasteiger partial charge in [0, 0.05) is 12.1 Å². The maximum atomic E-state index is 12.7. The summed E-state index contributed by atoms with van der Waals surface area (Å²) < 4.78 is 12.7. The van der Waals surface area contributed by atoms with E-state index in [1.165, 1.54) is 31.1 Å². The SMILES string of the molecule is O=C(C=Cc1ccc(F)cc1)NC1CCCC1. The van der Waals surface area contributed by atoms with Gasteiger partial charge >= 0.3 is 0 Å². The van der Waals surface area contributed by atoms with E-state index in [9.17, 15) is 9.18 Å². The molecule has 0 radical (unpaired) electrons. The fraction of sp³-hybridized carbons (Fsp3) is 0.357. The van der Waals surface area contributed by atoms with Crippen LogP contribution in [0.4, 0.5) is 4.39 Å². The van der Waals surface area contributed by atoms with Crippen LogP contribution in [-0.4, -0.2) is 11.9 Å². The highest BCUT2D eigenvalue weighted by Crippen LogP contribution is 2.17. The average molecular weight is 233 g/mol. The van der Waals surface area contributed by atoms with E-state index in [2.05, 4.69) is 5.32 Å². The summed E-state index contributed by atoms with van der Waals surface area (Å²) >= 11 is 0. The number of benzene rings is 1. The second-order valence-corrected chi connectivity index (χ2v) is 4.37. The van der Waals surface area contributed by atoms with Gasteiger partial charge in [-0.3, -0.25) is 4.79 Å². The van der Waals surface area contributed by atoms with Gasteiger partial charge in [-0.05, 0) is 36.6 Å². The quantitative estimate of drug-likeness (QED) is 0.799. The number of halogens is 1. The van der Waals surface area contributed by atoms with Crippen molar-refractivity contribution < 1.29 is 9.18 Å². The molecule has 0 atom stereocenters. The number of amides is 1. The summed E-state index contributed by atoms with van der Waals surface area (Å²) in [6, 6.07) is 6.40. The fourth-order valence-corrected chi connectivity index (χ4v) is 2.07. The van der Waals surface area contributed by atoms with E-state index in [1.807, 2.05) is 0 Å². The predicted octanol–water partition coefficient (Wildman–Crippen LogP) is 2.90. The van der Waals surface area contributed by atoms with Crippen LogP contribution < -0.4 is 5.32 Å². The molecule has 1 N–H and O–H groups in total. The highest BCUT2D eigenvalue weighted by molar-refractivity contribution is 5.91. The standard InChI is InChI=1S/C14H16FNO/c15-12-8-5-11(6-9-12)7-10-14(17)16-13-3-1-2-4-13/h5-10,13H,1-4H2,(H,16,17). The van der Waals surface area contributed by atoms with Gasteiger partial charge in [0.2, 0.25) is 5.91 Å². The van der Waals surface area contributed by atoms with Gasteiger partial charge in [-0.15, -0.1) is 0 Å². The molecule has 2 rings (SSSR count). The molecule has 3 heteroatoms. The molecule has 1 aliphatic carbocycles. The number of carbonyl (C=O) groups is 1. The Balaban J connectivity index is 1.86. The summed E-state index contributed by atoms with van der Waals surface area (Å²) in [4.78, 5) is 11.6. The second-order valence-electron chi connectivity index (χ2n) is 4.37. The third kappa shape index (κ3) is 3.70. The minimum Gasteiger partial charge on any atom is -0.350 e. The number of hydrogen-bond donors (Lipinski definition) is 1. The van der Waals surface area contributed by atoms with Crippen molar-refractivity contribution in [2.45, 2.75) is 31.7 Å². The van der Waals surface area contributed by atoms with Crippen LogP contribution in [0, 0.1) is 5.82 Å². The monoisotopic (exact) mass is 233 g/mol. The van der Waals surface area contributed by atoms with Gasteiger partial charge in [-0.25, -0.2) is 4.39 Å².